The van der Waals surface area contributed by atoms with E-state index in [0.29, 0.717) is 16.6 Å². The zero-order chi connectivity index (χ0) is 11.1. The highest BCUT2D eigenvalue weighted by molar-refractivity contribution is 6.05. The molecule has 0 atom stereocenters. The molecular formula is C12H6NO3. The number of para-hydroxylation sites is 1. The Kier molecular flexibility index (Phi) is 1.71. The van der Waals surface area contributed by atoms with Crippen molar-refractivity contribution >= 4 is 27.6 Å². The SMILES string of the molecule is O=[N+]([O-])c1[c]c2c(cc1)oc1ccccc12. The van der Waals surface area contributed by atoms with Crippen molar-refractivity contribution in [2.75, 3.05) is 0 Å². The average molecular weight is 212 g/mol. The smallest absolute Gasteiger partial charge is 0.278 e. The molecule has 1 radical (unpaired) electrons. The van der Waals surface area contributed by atoms with Gasteiger partial charge in [0.1, 0.15) is 11.2 Å². The van der Waals surface area contributed by atoms with Crippen molar-refractivity contribution in [3.63, 3.8) is 0 Å². The molecule has 1 aromatic heterocycles. The minimum Gasteiger partial charge on any atom is -0.456 e. The molecule has 0 aliphatic heterocycles. The van der Waals surface area contributed by atoms with Crippen molar-refractivity contribution in [2.45, 2.75) is 0 Å². The summed E-state index contributed by atoms with van der Waals surface area (Å²) in [4.78, 5) is 10.2. The molecule has 0 bridgehead atoms. The highest BCUT2D eigenvalue weighted by Gasteiger charge is 2.12. The maximum Gasteiger partial charge on any atom is 0.278 e. The van der Waals surface area contributed by atoms with E-state index in [-0.39, 0.29) is 5.69 Å². The van der Waals surface area contributed by atoms with Crippen LogP contribution in [0.4, 0.5) is 5.69 Å². The number of benzene rings is 2. The number of rotatable bonds is 1. The van der Waals surface area contributed by atoms with E-state index in [9.17, 15) is 10.1 Å². The van der Waals surface area contributed by atoms with E-state index in [2.05, 4.69) is 6.07 Å². The van der Waals surface area contributed by atoms with Gasteiger partial charge in [-0.25, -0.2) is 0 Å². The third kappa shape index (κ3) is 1.16. The Bertz CT molecular complexity index is 700. The molecule has 0 spiro atoms. The zero-order valence-electron chi connectivity index (χ0n) is 8.14. The van der Waals surface area contributed by atoms with Gasteiger partial charge in [-0.1, -0.05) is 18.2 Å². The van der Waals surface area contributed by atoms with Gasteiger partial charge in [0.2, 0.25) is 0 Å². The summed E-state index contributed by atoms with van der Waals surface area (Å²) in [6.07, 6.45) is 0. The molecule has 0 unspecified atom stereocenters. The standard InChI is InChI=1S/C12H6NO3/c14-13(15)8-5-6-12-10(7-8)9-3-1-2-4-11(9)16-12/h1-6H. The van der Waals surface area contributed by atoms with E-state index in [1.807, 2.05) is 24.3 Å². The molecule has 0 aliphatic rings. The molecule has 0 amide bonds. The van der Waals surface area contributed by atoms with Gasteiger partial charge in [0, 0.05) is 16.8 Å². The van der Waals surface area contributed by atoms with Gasteiger partial charge in [-0.15, -0.1) is 0 Å². The lowest BCUT2D eigenvalue weighted by atomic mass is 10.1. The van der Waals surface area contributed by atoms with E-state index in [4.69, 9.17) is 4.42 Å². The fourth-order valence-corrected chi connectivity index (χ4v) is 1.74. The fourth-order valence-electron chi connectivity index (χ4n) is 1.74. The van der Waals surface area contributed by atoms with Crippen LogP contribution in [0, 0.1) is 16.2 Å². The Morgan fingerprint density at radius 2 is 1.94 bits per heavy atom. The number of fused-ring (bicyclic) bond motifs is 3. The summed E-state index contributed by atoms with van der Waals surface area (Å²) < 4.78 is 5.53. The molecular weight excluding hydrogens is 206 g/mol. The number of hydrogen-bond donors (Lipinski definition) is 0. The second-order valence-corrected chi connectivity index (χ2v) is 3.44. The number of nitro benzene ring substituents is 1. The van der Waals surface area contributed by atoms with Crippen LogP contribution in [-0.4, -0.2) is 4.92 Å². The Balaban J connectivity index is 2.44. The lowest BCUT2D eigenvalue weighted by Gasteiger charge is -1.89. The molecule has 0 saturated carbocycles. The molecule has 4 nitrogen and oxygen atoms in total. The topological polar surface area (TPSA) is 56.3 Å². The summed E-state index contributed by atoms with van der Waals surface area (Å²) in [5.41, 5.74) is 1.29. The molecule has 1 heterocycles. The van der Waals surface area contributed by atoms with Crippen molar-refractivity contribution in [2.24, 2.45) is 0 Å². The second-order valence-electron chi connectivity index (χ2n) is 3.44. The van der Waals surface area contributed by atoms with Crippen LogP contribution in [0.1, 0.15) is 0 Å². The molecule has 0 fully saturated rings. The summed E-state index contributed by atoms with van der Waals surface area (Å²) in [6, 6.07) is 13.2. The molecule has 0 N–H and O–H groups in total. The molecule has 4 heteroatoms. The summed E-state index contributed by atoms with van der Waals surface area (Å²) in [7, 11) is 0. The van der Waals surface area contributed by atoms with Crippen LogP contribution in [-0.2, 0) is 0 Å². The van der Waals surface area contributed by atoms with E-state index in [1.165, 1.54) is 6.07 Å². The Morgan fingerprint density at radius 3 is 2.75 bits per heavy atom. The van der Waals surface area contributed by atoms with E-state index in [0.717, 1.165) is 5.39 Å². The number of nitrogens with zero attached hydrogens (tertiary/aromatic N) is 1. The molecule has 0 aliphatic carbocycles. The maximum atomic E-state index is 10.6. The third-order valence-electron chi connectivity index (χ3n) is 2.47. The van der Waals surface area contributed by atoms with Crippen LogP contribution in [0.2, 0.25) is 0 Å². The van der Waals surface area contributed by atoms with Gasteiger partial charge < -0.3 is 4.42 Å². The normalized spacial score (nSPS) is 11.0. The number of nitro groups is 1. The highest BCUT2D eigenvalue weighted by Crippen LogP contribution is 2.30. The predicted octanol–water partition coefficient (Wildman–Crippen LogP) is 3.29. The molecule has 77 valence electrons. The van der Waals surface area contributed by atoms with Crippen LogP contribution < -0.4 is 0 Å². The van der Waals surface area contributed by atoms with E-state index in [1.54, 1.807) is 6.07 Å². The highest BCUT2D eigenvalue weighted by atomic mass is 16.6. The first kappa shape index (κ1) is 8.91. The Morgan fingerprint density at radius 1 is 1.12 bits per heavy atom. The van der Waals surface area contributed by atoms with Gasteiger partial charge in [0.05, 0.1) is 11.0 Å². The van der Waals surface area contributed by atoms with Gasteiger partial charge in [-0.2, -0.15) is 0 Å². The van der Waals surface area contributed by atoms with Crippen molar-refractivity contribution in [1.29, 1.82) is 0 Å². The monoisotopic (exact) mass is 212 g/mol. The third-order valence-corrected chi connectivity index (χ3v) is 2.47. The van der Waals surface area contributed by atoms with Crippen molar-refractivity contribution in [3.8, 4) is 0 Å². The molecule has 0 saturated heterocycles. The quantitative estimate of drug-likeness (QED) is 0.459. The van der Waals surface area contributed by atoms with E-state index < -0.39 is 4.92 Å². The van der Waals surface area contributed by atoms with Gasteiger partial charge in [-0.3, -0.25) is 10.1 Å². The van der Waals surface area contributed by atoms with Crippen molar-refractivity contribution in [1.82, 2.24) is 0 Å². The van der Waals surface area contributed by atoms with Crippen molar-refractivity contribution < 1.29 is 9.34 Å². The first-order chi connectivity index (χ1) is 7.75. The largest absolute Gasteiger partial charge is 0.456 e. The second kappa shape index (κ2) is 3.06. The lowest BCUT2D eigenvalue weighted by Crippen LogP contribution is -1.86. The van der Waals surface area contributed by atoms with Gasteiger partial charge in [-0.05, 0) is 12.1 Å². The summed E-state index contributed by atoms with van der Waals surface area (Å²) in [6.45, 7) is 0. The first-order valence-electron chi connectivity index (χ1n) is 4.74. The van der Waals surface area contributed by atoms with Gasteiger partial charge >= 0.3 is 0 Å². The van der Waals surface area contributed by atoms with Crippen LogP contribution in [0.15, 0.2) is 40.8 Å². The molecule has 16 heavy (non-hydrogen) atoms. The van der Waals surface area contributed by atoms with Gasteiger partial charge in [0.15, 0.2) is 0 Å². The summed E-state index contributed by atoms with van der Waals surface area (Å²) in [5, 5.41) is 12.2. The minimum absolute atomic E-state index is 0.0425. The van der Waals surface area contributed by atoms with Crippen LogP contribution >= 0.6 is 0 Å². The fraction of sp³-hybridized carbons (Fsp3) is 0. The van der Waals surface area contributed by atoms with Crippen LogP contribution in [0.25, 0.3) is 21.9 Å². The van der Waals surface area contributed by atoms with Gasteiger partial charge in [0.25, 0.3) is 5.69 Å². The lowest BCUT2D eigenvalue weighted by molar-refractivity contribution is -0.385. The summed E-state index contributed by atoms with van der Waals surface area (Å²) >= 11 is 0. The number of furan rings is 1. The summed E-state index contributed by atoms with van der Waals surface area (Å²) in [5.74, 6) is 0. The minimum atomic E-state index is -0.457. The predicted molar refractivity (Wildman–Crippen MR) is 59.2 cm³/mol. The van der Waals surface area contributed by atoms with E-state index >= 15 is 0 Å². The Labute approximate surface area is 90.2 Å². The molecule has 3 rings (SSSR count). The zero-order valence-corrected chi connectivity index (χ0v) is 8.14. The maximum absolute atomic E-state index is 10.6. The molecule has 2 aromatic carbocycles. The van der Waals surface area contributed by atoms with Crippen LogP contribution in [0.5, 0.6) is 0 Å². The van der Waals surface area contributed by atoms with Crippen LogP contribution in [0.3, 0.4) is 0 Å². The first-order valence-corrected chi connectivity index (χ1v) is 4.74. The van der Waals surface area contributed by atoms with Crippen molar-refractivity contribution in [3.05, 3.63) is 52.6 Å². The Hall–Kier alpha value is -2.36. The number of hydrogen-bond acceptors (Lipinski definition) is 3. The average Bonchev–Trinajstić information content (AvgIpc) is 2.66. The molecule has 3 aromatic rings. The number of non-ortho nitro benzene ring substituents is 1.